The Kier molecular flexibility index (Phi) is 6.28. The summed E-state index contributed by atoms with van der Waals surface area (Å²) in [5.41, 5.74) is -0.816. The number of rotatable bonds is 6. The first-order valence-electron chi connectivity index (χ1n) is 9.78. The van der Waals surface area contributed by atoms with E-state index in [1.807, 2.05) is 0 Å². The third-order valence-electron chi connectivity index (χ3n) is 5.15. The van der Waals surface area contributed by atoms with Crippen LogP contribution in [0.1, 0.15) is 32.6 Å². The topological polar surface area (TPSA) is 104 Å². The summed E-state index contributed by atoms with van der Waals surface area (Å²) < 4.78 is 1.05. The lowest BCUT2D eigenvalue weighted by atomic mass is 9.97. The lowest BCUT2D eigenvalue weighted by molar-refractivity contribution is -0.136. The molecule has 0 bridgehead atoms. The molecule has 1 unspecified atom stereocenters. The number of hydrogen-bond donors (Lipinski definition) is 2. The van der Waals surface area contributed by atoms with Gasteiger partial charge in [0.25, 0.3) is 11.1 Å². The van der Waals surface area contributed by atoms with Gasteiger partial charge in [0.05, 0.1) is 16.7 Å². The van der Waals surface area contributed by atoms with Crippen LogP contribution in [0, 0.1) is 5.92 Å². The number of aromatic nitrogens is 2. The third-order valence-corrected chi connectivity index (χ3v) is 5.15. The molecule has 2 aromatic rings. The van der Waals surface area contributed by atoms with E-state index in [9.17, 15) is 19.2 Å². The van der Waals surface area contributed by atoms with Crippen molar-refractivity contribution in [3.05, 3.63) is 45.0 Å². The Balaban J connectivity index is 1.70. The van der Waals surface area contributed by atoms with Crippen LogP contribution in [0.5, 0.6) is 0 Å². The molecule has 1 fully saturated rings. The van der Waals surface area contributed by atoms with E-state index < -0.39 is 11.1 Å². The first-order chi connectivity index (χ1) is 13.5. The van der Waals surface area contributed by atoms with Crippen molar-refractivity contribution >= 4 is 22.6 Å². The number of aromatic amines is 1. The predicted octanol–water partition coefficient (Wildman–Crippen LogP) is 0.845. The summed E-state index contributed by atoms with van der Waals surface area (Å²) in [6.07, 6.45) is 3.42. The molecule has 1 atom stereocenters. The third kappa shape index (κ3) is 4.32. The molecule has 2 heterocycles. The van der Waals surface area contributed by atoms with E-state index in [4.69, 9.17) is 0 Å². The van der Waals surface area contributed by atoms with Crippen LogP contribution in [0.15, 0.2) is 33.9 Å². The monoisotopic (exact) mass is 386 g/mol. The van der Waals surface area contributed by atoms with Crippen LogP contribution in [0.2, 0.25) is 0 Å². The Morgan fingerprint density at radius 2 is 1.96 bits per heavy atom. The Hall–Kier alpha value is -2.90. The van der Waals surface area contributed by atoms with Gasteiger partial charge in [-0.2, -0.15) is 0 Å². The van der Waals surface area contributed by atoms with Gasteiger partial charge in [0.15, 0.2) is 0 Å². The number of piperidine rings is 1. The molecule has 0 radical (unpaired) electrons. The second kappa shape index (κ2) is 8.86. The average molecular weight is 386 g/mol. The molecule has 8 nitrogen and oxygen atoms in total. The largest absolute Gasteiger partial charge is 0.356 e. The Morgan fingerprint density at radius 1 is 1.21 bits per heavy atom. The van der Waals surface area contributed by atoms with Crippen molar-refractivity contribution < 1.29 is 9.59 Å². The zero-order valence-corrected chi connectivity index (χ0v) is 16.1. The summed E-state index contributed by atoms with van der Waals surface area (Å²) in [7, 11) is 0. The van der Waals surface area contributed by atoms with Crippen LogP contribution in [0.25, 0.3) is 10.8 Å². The quantitative estimate of drug-likeness (QED) is 0.718. The Morgan fingerprint density at radius 3 is 2.71 bits per heavy atom. The van der Waals surface area contributed by atoms with Crippen LogP contribution in [-0.2, 0) is 16.1 Å². The molecule has 1 saturated heterocycles. The second-order valence-corrected chi connectivity index (χ2v) is 7.20. The number of H-pyrrole nitrogens is 1. The first kappa shape index (κ1) is 19.9. The van der Waals surface area contributed by atoms with Crippen LogP contribution >= 0.6 is 0 Å². The summed E-state index contributed by atoms with van der Waals surface area (Å²) in [4.78, 5) is 51.4. The van der Waals surface area contributed by atoms with Gasteiger partial charge in [0.1, 0.15) is 6.54 Å². The molecule has 1 aliphatic rings. The molecule has 2 N–H and O–H groups in total. The fourth-order valence-corrected chi connectivity index (χ4v) is 3.54. The van der Waals surface area contributed by atoms with E-state index in [0.29, 0.717) is 25.0 Å². The average Bonchev–Trinajstić information content (AvgIpc) is 2.72. The molecule has 150 valence electrons. The summed E-state index contributed by atoms with van der Waals surface area (Å²) >= 11 is 0. The number of carbonyl (C=O) groups excluding carboxylic acids is 2. The van der Waals surface area contributed by atoms with Crippen molar-refractivity contribution in [2.45, 2.75) is 39.2 Å². The number of likely N-dealkylation sites (tertiary alicyclic amines) is 1. The number of nitrogens with zero attached hydrogens (tertiary/aromatic N) is 2. The molecule has 0 aliphatic carbocycles. The van der Waals surface area contributed by atoms with Crippen LogP contribution in [0.3, 0.4) is 0 Å². The van der Waals surface area contributed by atoms with Crippen molar-refractivity contribution in [2.24, 2.45) is 5.92 Å². The highest BCUT2D eigenvalue weighted by molar-refractivity contribution is 5.82. The summed E-state index contributed by atoms with van der Waals surface area (Å²) in [5.74, 6) is -0.539. The molecule has 0 saturated carbocycles. The van der Waals surface area contributed by atoms with Gasteiger partial charge >= 0.3 is 0 Å². The van der Waals surface area contributed by atoms with Gasteiger partial charge in [0, 0.05) is 19.6 Å². The van der Waals surface area contributed by atoms with E-state index in [-0.39, 0.29) is 29.7 Å². The van der Waals surface area contributed by atoms with Crippen molar-refractivity contribution in [1.82, 2.24) is 20.0 Å². The van der Waals surface area contributed by atoms with Gasteiger partial charge in [-0.25, -0.2) is 4.68 Å². The number of carbonyl (C=O) groups is 2. The number of hydrogen-bond acceptors (Lipinski definition) is 4. The molecular weight excluding hydrogens is 360 g/mol. The van der Waals surface area contributed by atoms with Gasteiger partial charge in [-0.1, -0.05) is 25.5 Å². The van der Waals surface area contributed by atoms with Crippen LogP contribution < -0.4 is 16.4 Å². The van der Waals surface area contributed by atoms with Crippen LogP contribution in [0.4, 0.5) is 0 Å². The number of amides is 2. The summed E-state index contributed by atoms with van der Waals surface area (Å²) in [6, 6.07) is 6.52. The van der Waals surface area contributed by atoms with E-state index in [1.54, 1.807) is 29.2 Å². The SMILES string of the molecule is CCCCNC(=O)C1CCCN(C(=O)Cn2[nH]c(=O)c3ccccc3c2=O)C1. The molecule has 1 aromatic carbocycles. The molecule has 0 spiro atoms. The highest BCUT2D eigenvalue weighted by Crippen LogP contribution is 2.17. The zero-order valence-electron chi connectivity index (χ0n) is 16.1. The normalized spacial score (nSPS) is 16.9. The molecule has 2 amide bonds. The van der Waals surface area contributed by atoms with E-state index in [1.165, 1.54) is 0 Å². The molecular formula is C20H26N4O4. The van der Waals surface area contributed by atoms with Crippen molar-refractivity contribution in [3.63, 3.8) is 0 Å². The van der Waals surface area contributed by atoms with Crippen molar-refractivity contribution in [1.29, 1.82) is 0 Å². The van der Waals surface area contributed by atoms with Crippen molar-refractivity contribution in [3.8, 4) is 0 Å². The highest BCUT2D eigenvalue weighted by atomic mass is 16.2. The number of nitrogens with one attached hydrogen (secondary N) is 2. The minimum absolute atomic E-state index is 0.0257. The van der Waals surface area contributed by atoms with E-state index in [0.717, 1.165) is 30.4 Å². The maximum absolute atomic E-state index is 12.7. The fourth-order valence-electron chi connectivity index (χ4n) is 3.54. The first-order valence-corrected chi connectivity index (χ1v) is 9.78. The lowest BCUT2D eigenvalue weighted by Crippen LogP contribution is -2.47. The standard InChI is InChI=1S/C20H26N4O4/c1-2-3-10-21-18(26)14-7-6-11-23(12-14)17(25)13-24-20(28)16-9-5-4-8-15(16)19(27)22-24/h4-5,8-9,14H,2-3,6-7,10-13H2,1H3,(H,21,26)(H,22,27). The van der Waals surface area contributed by atoms with E-state index in [2.05, 4.69) is 17.3 Å². The van der Waals surface area contributed by atoms with E-state index >= 15 is 0 Å². The van der Waals surface area contributed by atoms with Gasteiger partial charge in [0.2, 0.25) is 11.8 Å². The molecule has 28 heavy (non-hydrogen) atoms. The fraction of sp³-hybridized carbons (Fsp3) is 0.500. The minimum Gasteiger partial charge on any atom is -0.356 e. The highest BCUT2D eigenvalue weighted by Gasteiger charge is 2.28. The Bertz CT molecular complexity index is 978. The van der Waals surface area contributed by atoms with Gasteiger partial charge in [-0.3, -0.25) is 24.3 Å². The molecule has 3 rings (SSSR count). The lowest BCUT2D eigenvalue weighted by Gasteiger charge is -2.32. The summed E-state index contributed by atoms with van der Waals surface area (Å²) in [5, 5.41) is 5.99. The molecule has 1 aromatic heterocycles. The summed E-state index contributed by atoms with van der Waals surface area (Å²) in [6.45, 7) is 3.34. The number of fused-ring (bicyclic) bond motifs is 1. The smallest absolute Gasteiger partial charge is 0.273 e. The molecule has 8 heteroatoms. The minimum atomic E-state index is -0.408. The second-order valence-electron chi connectivity index (χ2n) is 7.20. The van der Waals surface area contributed by atoms with Gasteiger partial charge in [-0.05, 0) is 31.4 Å². The van der Waals surface area contributed by atoms with Crippen LogP contribution in [-0.4, -0.2) is 46.1 Å². The maximum Gasteiger partial charge on any atom is 0.273 e. The zero-order chi connectivity index (χ0) is 20.1. The van der Waals surface area contributed by atoms with Gasteiger partial charge < -0.3 is 10.2 Å². The predicted molar refractivity (Wildman–Crippen MR) is 106 cm³/mol. The van der Waals surface area contributed by atoms with Crippen molar-refractivity contribution in [2.75, 3.05) is 19.6 Å². The van der Waals surface area contributed by atoms with Gasteiger partial charge in [-0.15, -0.1) is 0 Å². The molecule has 1 aliphatic heterocycles. The Labute approximate surface area is 162 Å². The number of benzene rings is 1. The maximum atomic E-state index is 12.7. The number of unbranched alkanes of at least 4 members (excludes halogenated alkanes) is 1.